The van der Waals surface area contributed by atoms with Crippen LogP contribution in [0.2, 0.25) is 0 Å². The minimum absolute atomic E-state index is 0.0153. The van der Waals surface area contributed by atoms with Gasteiger partial charge in [0, 0.05) is 37.1 Å². The maximum atomic E-state index is 13.5. The predicted octanol–water partition coefficient (Wildman–Crippen LogP) is 3.52. The summed E-state index contributed by atoms with van der Waals surface area (Å²) in [5, 5.41) is 15.8. The summed E-state index contributed by atoms with van der Waals surface area (Å²) < 4.78 is 46.7. The minimum atomic E-state index is -4.62. The molecule has 1 aliphatic heterocycles. The molecule has 0 aliphatic carbocycles. The van der Waals surface area contributed by atoms with E-state index in [1.807, 2.05) is 6.07 Å². The third-order valence-electron chi connectivity index (χ3n) is 5.87. The number of hydrogen-bond acceptors (Lipinski definition) is 7. The molecule has 1 aliphatic rings. The molecule has 2 heterocycles. The maximum Gasteiger partial charge on any atom is 0.416 e. The number of ether oxygens (including phenoxy) is 1. The van der Waals surface area contributed by atoms with Crippen molar-refractivity contribution in [2.75, 3.05) is 26.1 Å². The summed E-state index contributed by atoms with van der Waals surface area (Å²) in [5.74, 6) is 2.10. The SMILES string of the molecule is COC(=O)C1=C(C)N(c2cccc(C(F)(F)F)c2)c2n[nH]c(=O)n2[C@@H]1c1ccc(C#N)cc1C#CN(C)C. The highest BCUT2D eigenvalue weighted by Crippen LogP contribution is 2.43. The number of halogens is 3. The van der Waals surface area contributed by atoms with Gasteiger partial charge in [0.15, 0.2) is 0 Å². The summed E-state index contributed by atoms with van der Waals surface area (Å²) >= 11 is 0. The van der Waals surface area contributed by atoms with Gasteiger partial charge in [0.05, 0.1) is 29.9 Å². The summed E-state index contributed by atoms with van der Waals surface area (Å²) in [5.41, 5.74) is -0.352. The molecule has 38 heavy (non-hydrogen) atoms. The Labute approximate surface area is 215 Å². The number of rotatable bonds is 3. The van der Waals surface area contributed by atoms with Crippen molar-refractivity contribution >= 4 is 17.6 Å². The van der Waals surface area contributed by atoms with E-state index in [0.29, 0.717) is 16.7 Å². The number of fused-ring (bicyclic) bond motifs is 1. The van der Waals surface area contributed by atoms with Gasteiger partial charge in [-0.05, 0) is 48.7 Å². The normalized spacial score (nSPS) is 14.8. The first-order valence-electron chi connectivity index (χ1n) is 11.1. The van der Waals surface area contributed by atoms with Gasteiger partial charge in [-0.1, -0.05) is 12.1 Å². The van der Waals surface area contributed by atoms with Crippen molar-refractivity contribution in [2.45, 2.75) is 19.1 Å². The Balaban J connectivity index is 2.05. The average Bonchev–Trinajstić information content (AvgIpc) is 3.26. The molecule has 1 aromatic heterocycles. The van der Waals surface area contributed by atoms with Gasteiger partial charge in [0.1, 0.15) is 6.04 Å². The van der Waals surface area contributed by atoms with E-state index in [1.54, 1.807) is 25.1 Å². The number of benzene rings is 2. The number of nitriles is 1. The van der Waals surface area contributed by atoms with E-state index in [4.69, 9.17) is 4.74 Å². The molecule has 0 spiro atoms. The van der Waals surface area contributed by atoms with Crippen molar-refractivity contribution in [3.63, 3.8) is 0 Å². The summed E-state index contributed by atoms with van der Waals surface area (Å²) in [6.07, 6.45) is -4.62. The fraction of sp³-hybridized carbons (Fsp3) is 0.231. The van der Waals surface area contributed by atoms with Crippen LogP contribution in [0.15, 0.2) is 58.5 Å². The molecule has 4 rings (SSSR count). The van der Waals surface area contributed by atoms with Crippen LogP contribution < -0.4 is 10.6 Å². The standard InChI is InChI=1S/C26H21F3N6O3/c1-15-21(23(36)38-4)22(20-9-8-16(14-30)12-17(20)10-11-33(2)3)35-24(31-32-25(35)37)34(15)19-7-5-6-18(13-19)26(27,28)29/h5-9,12-13,22H,1-4H3,(H,32,37)/t22-/m1/s1. The highest BCUT2D eigenvalue weighted by molar-refractivity contribution is 5.93. The number of nitrogens with one attached hydrogen (secondary N) is 1. The van der Waals surface area contributed by atoms with E-state index in [2.05, 4.69) is 22.2 Å². The molecular formula is C26H21F3N6O3. The molecule has 2 aromatic carbocycles. The highest BCUT2D eigenvalue weighted by atomic mass is 19.4. The molecule has 12 heteroatoms. The third-order valence-corrected chi connectivity index (χ3v) is 5.87. The van der Waals surface area contributed by atoms with Crippen molar-refractivity contribution < 1.29 is 22.7 Å². The van der Waals surface area contributed by atoms with Crippen molar-refractivity contribution in [1.29, 1.82) is 5.26 Å². The first-order valence-corrected chi connectivity index (χ1v) is 11.1. The Bertz CT molecular complexity index is 1620. The van der Waals surface area contributed by atoms with Gasteiger partial charge < -0.3 is 9.64 Å². The quantitative estimate of drug-likeness (QED) is 0.319. The number of allylic oxidation sites excluding steroid dienone is 1. The van der Waals surface area contributed by atoms with Crippen LogP contribution in [0, 0.1) is 23.3 Å². The van der Waals surface area contributed by atoms with E-state index in [0.717, 1.165) is 23.8 Å². The van der Waals surface area contributed by atoms with Crippen molar-refractivity contribution in [2.24, 2.45) is 0 Å². The van der Waals surface area contributed by atoms with Crippen molar-refractivity contribution in [3.05, 3.63) is 86.5 Å². The van der Waals surface area contributed by atoms with E-state index >= 15 is 0 Å². The van der Waals surface area contributed by atoms with Crippen LogP contribution >= 0.6 is 0 Å². The predicted molar refractivity (Wildman–Crippen MR) is 131 cm³/mol. The van der Waals surface area contributed by atoms with Gasteiger partial charge in [0.2, 0.25) is 5.95 Å². The molecule has 0 radical (unpaired) electrons. The highest BCUT2D eigenvalue weighted by Gasteiger charge is 2.41. The number of hydrogen-bond donors (Lipinski definition) is 1. The average molecular weight is 522 g/mol. The molecule has 0 saturated carbocycles. The number of aromatic nitrogens is 3. The molecule has 0 bridgehead atoms. The molecule has 1 N–H and O–H groups in total. The van der Waals surface area contributed by atoms with Crippen LogP contribution in [0.25, 0.3) is 0 Å². The van der Waals surface area contributed by atoms with E-state index in [1.165, 1.54) is 36.1 Å². The first-order chi connectivity index (χ1) is 18.0. The second kappa shape index (κ2) is 9.82. The number of esters is 1. The van der Waals surface area contributed by atoms with Gasteiger partial charge in [-0.15, -0.1) is 5.10 Å². The number of carbonyl (C=O) groups excluding carboxylic acids is 1. The molecule has 1 atom stereocenters. The summed E-state index contributed by atoms with van der Waals surface area (Å²) in [7, 11) is 4.60. The molecule has 0 saturated heterocycles. The number of nitrogens with zero attached hydrogens (tertiary/aromatic N) is 5. The lowest BCUT2D eigenvalue weighted by Crippen LogP contribution is -2.38. The molecular weight excluding hydrogens is 501 g/mol. The zero-order valence-electron chi connectivity index (χ0n) is 20.7. The molecule has 0 amide bonds. The van der Waals surface area contributed by atoms with Crippen molar-refractivity contribution in [3.8, 4) is 18.0 Å². The Morgan fingerprint density at radius 3 is 2.58 bits per heavy atom. The second-order valence-corrected chi connectivity index (χ2v) is 8.52. The lowest BCUT2D eigenvalue weighted by molar-refractivity contribution is -0.138. The number of aromatic amines is 1. The van der Waals surface area contributed by atoms with Gasteiger partial charge >= 0.3 is 17.8 Å². The number of carbonyl (C=O) groups is 1. The van der Waals surface area contributed by atoms with Gasteiger partial charge in [0.25, 0.3) is 0 Å². The number of methoxy groups -OCH3 is 1. The molecule has 0 fully saturated rings. The number of anilines is 2. The molecule has 194 valence electrons. The summed E-state index contributed by atoms with van der Waals surface area (Å²) in [6.45, 7) is 1.52. The number of alkyl halides is 3. The van der Waals surface area contributed by atoms with E-state index in [-0.39, 0.29) is 22.9 Å². The smallest absolute Gasteiger partial charge is 0.416 e. The lowest BCUT2D eigenvalue weighted by Gasteiger charge is -2.35. The summed E-state index contributed by atoms with van der Waals surface area (Å²) in [6, 6.07) is 12.9. The van der Waals surface area contributed by atoms with Crippen molar-refractivity contribution in [1.82, 2.24) is 19.7 Å². The monoisotopic (exact) mass is 522 g/mol. The van der Waals surface area contributed by atoms with Crippen LogP contribution in [0.4, 0.5) is 24.8 Å². The van der Waals surface area contributed by atoms with E-state index < -0.39 is 29.4 Å². The van der Waals surface area contributed by atoms with Gasteiger partial charge in [-0.2, -0.15) is 18.4 Å². The first kappa shape index (κ1) is 26.1. The Morgan fingerprint density at radius 1 is 1.21 bits per heavy atom. The third kappa shape index (κ3) is 4.60. The van der Waals surface area contributed by atoms with Gasteiger partial charge in [-0.3, -0.25) is 4.90 Å². The van der Waals surface area contributed by atoms with Gasteiger partial charge in [-0.25, -0.2) is 19.3 Å². The fourth-order valence-electron chi connectivity index (χ4n) is 4.22. The Morgan fingerprint density at radius 2 is 1.95 bits per heavy atom. The molecule has 0 unspecified atom stereocenters. The lowest BCUT2D eigenvalue weighted by atomic mass is 9.90. The fourth-order valence-corrected chi connectivity index (χ4v) is 4.22. The number of H-pyrrole nitrogens is 1. The van der Waals surface area contributed by atoms with Crippen LogP contribution in [-0.4, -0.2) is 46.8 Å². The van der Waals surface area contributed by atoms with Crippen LogP contribution in [0.1, 0.15) is 35.2 Å². The molecule has 9 nitrogen and oxygen atoms in total. The largest absolute Gasteiger partial charge is 0.466 e. The van der Waals surface area contributed by atoms with E-state index in [9.17, 15) is 28.0 Å². The minimum Gasteiger partial charge on any atom is -0.466 e. The Kier molecular flexibility index (Phi) is 6.75. The zero-order valence-corrected chi connectivity index (χ0v) is 20.7. The van der Waals surface area contributed by atoms with Crippen LogP contribution in [0.5, 0.6) is 0 Å². The zero-order chi connectivity index (χ0) is 27.8. The summed E-state index contributed by atoms with van der Waals surface area (Å²) in [4.78, 5) is 29.1. The molecule has 3 aromatic rings. The van der Waals surface area contributed by atoms with Crippen LogP contribution in [-0.2, 0) is 15.7 Å². The topological polar surface area (TPSA) is 107 Å². The second-order valence-electron chi connectivity index (χ2n) is 8.52. The maximum absolute atomic E-state index is 13.5. The van der Waals surface area contributed by atoms with Crippen LogP contribution in [0.3, 0.4) is 0 Å². The Hall–Kier alpha value is -4.97.